The fourth-order valence-electron chi connectivity index (χ4n) is 1.26. The molecule has 0 amide bonds. The number of nitrogens with two attached hydrogens (primary N) is 1. The van der Waals surface area contributed by atoms with Gasteiger partial charge in [-0.25, -0.2) is 4.98 Å². The molecule has 0 aliphatic rings. The zero-order valence-corrected chi connectivity index (χ0v) is 9.13. The lowest BCUT2D eigenvalue weighted by molar-refractivity contribution is 1.09. The normalized spacial score (nSPS) is 10.2. The van der Waals surface area contributed by atoms with E-state index >= 15 is 0 Å². The van der Waals surface area contributed by atoms with E-state index in [9.17, 15) is 0 Å². The largest absolute Gasteiger partial charge is 0.357 e. The van der Waals surface area contributed by atoms with Crippen LogP contribution in [0.5, 0.6) is 0 Å². The molecular weight excluding hydrogens is 206 g/mol. The number of nitrogens with zero attached hydrogens (tertiary/aromatic N) is 1. The predicted molar refractivity (Wildman–Crippen MR) is 63.8 cm³/mol. The SMILES string of the molecule is NCc1cnc(NCc2ccccc2)s1. The van der Waals surface area contributed by atoms with Crippen molar-refractivity contribution in [1.82, 2.24) is 4.98 Å². The number of hydrogen-bond acceptors (Lipinski definition) is 4. The molecule has 0 aliphatic carbocycles. The van der Waals surface area contributed by atoms with Crippen molar-refractivity contribution >= 4 is 16.5 Å². The van der Waals surface area contributed by atoms with E-state index in [0.717, 1.165) is 16.6 Å². The number of aromatic nitrogens is 1. The molecule has 1 heterocycles. The molecule has 0 aliphatic heterocycles. The maximum Gasteiger partial charge on any atom is 0.183 e. The molecule has 0 saturated heterocycles. The standard InChI is InChI=1S/C11H13N3S/c12-6-10-8-14-11(15-10)13-7-9-4-2-1-3-5-9/h1-5,8H,6-7,12H2,(H,13,14). The number of hydrogen-bond donors (Lipinski definition) is 2. The van der Waals surface area contributed by atoms with Crippen LogP contribution >= 0.6 is 11.3 Å². The molecule has 0 fully saturated rings. The van der Waals surface area contributed by atoms with E-state index in [1.165, 1.54) is 5.56 Å². The second-order valence-electron chi connectivity index (χ2n) is 3.18. The summed E-state index contributed by atoms with van der Waals surface area (Å²) in [5.74, 6) is 0. The summed E-state index contributed by atoms with van der Waals surface area (Å²) in [7, 11) is 0. The third-order valence-electron chi connectivity index (χ3n) is 2.04. The monoisotopic (exact) mass is 219 g/mol. The number of rotatable bonds is 4. The molecule has 3 nitrogen and oxygen atoms in total. The Hall–Kier alpha value is -1.39. The number of nitrogens with one attached hydrogen (secondary N) is 1. The average molecular weight is 219 g/mol. The molecule has 2 aromatic rings. The predicted octanol–water partition coefficient (Wildman–Crippen LogP) is 2.21. The van der Waals surface area contributed by atoms with Crippen LogP contribution in [0.3, 0.4) is 0 Å². The lowest BCUT2D eigenvalue weighted by Gasteiger charge is -2.01. The summed E-state index contributed by atoms with van der Waals surface area (Å²) in [5.41, 5.74) is 6.76. The zero-order valence-electron chi connectivity index (χ0n) is 8.31. The van der Waals surface area contributed by atoms with Crippen LogP contribution in [0.4, 0.5) is 5.13 Å². The van der Waals surface area contributed by atoms with Crippen molar-refractivity contribution in [3.63, 3.8) is 0 Å². The van der Waals surface area contributed by atoms with Gasteiger partial charge in [-0.2, -0.15) is 0 Å². The quantitative estimate of drug-likeness (QED) is 0.829. The molecule has 78 valence electrons. The van der Waals surface area contributed by atoms with E-state index in [0.29, 0.717) is 6.54 Å². The fraction of sp³-hybridized carbons (Fsp3) is 0.182. The minimum atomic E-state index is 0.560. The minimum absolute atomic E-state index is 0.560. The second kappa shape index (κ2) is 4.91. The van der Waals surface area contributed by atoms with Gasteiger partial charge in [0.2, 0.25) is 0 Å². The Morgan fingerprint density at radius 3 is 2.73 bits per heavy atom. The maximum atomic E-state index is 5.51. The second-order valence-corrected chi connectivity index (χ2v) is 4.29. The number of benzene rings is 1. The van der Waals surface area contributed by atoms with Crippen molar-refractivity contribution in [2.45, 2.75) is 13.1 Å². The summed E-state index contributed by atoms with van der Waals surface area (Å²) in [6.07, 6.45) is 1.82. The van der Waals surface area contributed by atoms with Crippen molar-refractivity contribution in [3.05, 3.63) is 47.0 Å². The average Bonchev–Trinajstić information content (AvgIpc) is 2.76. The van der Waals surface area contributed by atoms with Crippen molar-refractivity contribution in [1.29, 1.82) is 0 Å². The molecule has 0 radical (unpaired) electrons. The van der Waals surface area contributed by atoms with Gasteiger partial charge in [-0.1, -0.05) is 30.3 Å². The molecular formula is C11H13N3S. The highest BCUT2D eigenvalue weighted by molar-refractivity contribution is 7.15. The summed E-state index contributed by atoms with van der Waals surface area (Å²) in [5, 5.41) is 4.20. The van der Waals surface area contributed by atoms with E-state index in [4.69, 9.17) is 5.73 Å². The lowest BCUT2D eigenvalue weighted by Crippen LogP contribution is -1.97. The lowest BCUT2D eigenvalue weighted by atomic mass is 10.2. The van der Waals surface area contributed by atoms with Gasteiger partial charge < -0.3 is 11.1 Å². The van der Waals surface area contributed by atoms with Gasteiger partial charge >= 0.3 is 0 Å². The first-order chi connectivity index (χ1) is 7.38. The molecule has 2 rings (SSSR count). The van der Waals surface area contributed by atoms with Gasteiger partial charge in [0.15, 0.2) is 5.13 Å². The highest BCUT2D eigenvalue weighted by Crippen LogP contribution is 2.17. The number of anilines is 1. The first kappa shape index (κ1) is 10.1. The Morgan fingerprint density at radius 1 is 1.27 bits per heavy atom. The third kappa shape index (κ3) is 2.78. The van der Waals surface area contributed by atoms with E-state index in [-0.39, 0.29) is 0 Å². The van der Waals surface area contributed by atoms with Crippen LogP contribution in [0.1, 0.15) is 10.4 Å². The van der Waals surface area contributed by atoms with Crippen LogP contribution in [-0.4, -0.2) is 4.98 Å². The molecule has 4 heteroatoms. The summed E-state index contributed by atoms with van der Waals surface area (Å²) < 4.78 is 0. The Labute approximate surface area is 93.0 Å². The van der Waals surface area contributed by atoms with Crippen LogP contribution < -0.4 is 11.1 Å². The molecule has 0 saturated carbocycles. The maximum absolute atomic E-state index is 5.51. The minimum Gasteiger partial charge on any atom is -0.357 e. The summed E-state index contributed by atoms with van der Waals surface area (Å²) in [4.78, 5) is 5.33. The van der Waals surface area contributed by atoms with Crippen molar-refractivity contribution in [2.24, 2.45) is 5.73 Å². The molecule has 1 aromatic carbocycles. The topological polar surface area (TPSA) is 50.9 Å². The molecule has 0 bridgehead atoms. The molecule has 3 N–H and O–H groups in total. The molecule has 0 unspecified atom stereocenters. The highest BCUT2D eigenvalue weighted by Gasteiger charge is 1.99. The van der Waals surface area contributed by atoms with Crippen molar-refractivity contribution < 1.29 is 0 Å². The molecule has 15 heavy (non-hydrogen) atoms. The zero-order chi connectivity index (χ0) is 10.5. The van der Waals surface area contributed by atoms with Crippen molar-refractivity contribution in [3.8, 4) is 0 Å². The Morgan fingerprint density at radius 2 is 2.07 bits per heavy atom. The van der Waals surface area contributed by atoms with Crippen LogP contribution in [0, 0.1) is 0 Å². The van der Waals surface area contributed by atoms with Gasteiger partial charge in [0.05, 0.1) is 0 Å². The van der Waals surface area contributed by atoms with Gasteiger partial charge in [0.1, 0.15) is 0 Å². The van der Waals surface area contributed by atoms with Crippen molar-refractivity contribution in [2.75, 3.05) is 5.32 Å². The summed E-state index contributed by atoms with van der Waals surface area (Å²) in [6, 6.07) is 10.3. The van der Waals surface area contributed by atoms with Crippen LogP contribution in [-0.2, 0) is 13.1 Å². The highest BCUT2D eigenvalue weighted by atomic mass is 32.1. The van der Waals surface area contributed by atoms with E-state index in [1.807, 2.05) is 24.4 Å². The van der Waals surface area contributed by atoms with Gasteiger partial charge in [0.25, 0.3) is 0 Å². The Bertz CT molecular complexity index is 411. The number of thiazole rings is 1. The van der Waals surface area contributed by atoms with E-state index in [2.05, 4.69) is 22.4 Å². The van der Waals surface area contributed by atoms with Gasteiger partial charge in [-0.05, 0) is 5.56 Å². The first-order valence-electron chi connectivity index (χ1n) is 4.81. The Kier molecular flexibility index (Phi) is 3.32. The van der Waals surface area contributed by atoms with Gasteiger partial charge in [-0.15, -0.1) is 11.3 Å². The molecule has 1 aromatic heterocycles. The Balaban J connectivity index is 1.93. The summed E-state index contributed by atoms with van der Waals surface area (Å²) in [6.45, 7) is 1.36. The molecule has 0 atom stereocenters. The van der Waals surface area contributed by atoms with Crippen LogP contribution in [0.15, 0.2) is 36.5 Å². The molecule has 0 spiro atoms. The fourth-order valence-corrected chi connectivity index (χ4v) is 1.94. The first-order valence-corrected chi connectivity index (χ1v) is 5.62. The third-order valence-corrected chi connectivity index (χ3v) is 3.02. The van der Waals surface area contributed by atoms with E-state index in [1.54, 1.807) is 11.3 Å². The summed E-state index contributed by atoms with van der Waals surface area (Å²) >= 11 is 1.60. The van der Waals surface area contributed by atoms with Gasteiger partial charge in [0, 0.05) is 24.2 Å². The van der Waals surface area contributed by atoms with E-state index < -0.39 is 0 Å². The van der Waals surface area contributed by atoms with Gasteiger partial charge in [-0.3, -0.25) is 0 Å². The smallest absolute Gasteiger partial charge is 0.183 e. The van der Waals surface area contributed by atoms with Crippen LogP contribution in [0.25, 0.3) is 0 Å². The van der Waals surface area contributed by atoms with Crippen LogP contribution in [0.2, 0.25) is 0 Å².